The van der Waals surface area contributed by atoms with Crippen molar-refractivity contribution in [2.45, 2.75) is 104 Å². The molecule has 0 heterocycles. The van der Waals surface area contributed by atoms with Gasteiger partial charge in [-0.25, -0.2) is 4.79 Å². The van der Waals surface area contributed by atoms with Gasteiger partial charge in [-0.15, -0.1) is 0 Å². The summed E-state index contributed by atoms with van der Waals surface area (Å²) in [5.41, 5.74) is 0.211. The van der Waals surface area contributed by atoms with E-state index >= 15 is 0 Å². The molecule has 1 rings (SSSR count). The Kier molecular flexibility index (Phi) is 20.8. The SMILES string of the molecule is CC/C=C\C/C=C\C/C=C\C/C=C\C/C=C\CCCC(=O)Nc1ccc(OC(=O)CCCCCCC)c(C(=O)O)c1. The van der Waals surface area contributed by atoms with Gasteiger partial charge in [-0.3, -0.25) is 9.59 Å². The topological polar surface area (TPSA) is 92.7 Å². The van der Waals surface area contributed by atoms with E-state index in [0.29, 0.717) is 18.5 Å². The number of hydrogen-bond acceptors (Lipinski definition) is 4. The lowest BCUT2D eigenvalue weighted by Gasteiger charge is -2.10. The van der Waals surface area contributed by atoms with E-state index in [1.54, 1.807) is 6.07 Å². The quantitative estimate of drug-likeness (QED) is 0.0634. The Morgan fingerprint density at radius 2 is 1.32 bits per heavy atom. The molecule has 6 heteroatoms. The Labute approximate surface area is 247 Å². The molecule has 224 valence electrons. The number of carboxylic acids is 1. The van der Waals surface area contributed by atoms with Gasteiger partial charge in [0.1, 0.15) is 11.3 Å². The molecule has 0 unspecified atom stereocenters. The van der Waals surface area contributed by atoms with Crippen molar-refractivity contribution in [2.24, 2.45) is 0 Å². The maximum atomic E-state index is 12.3. The fraction of sp³-hybridized carbons (Fsp3) is 0.457. The number of anilines is 1. The smallest absolute Gasteiger partial charge is 0.339 e. The molecular weight excluding hydrogens is 514 g/mol. The average molecular weight is 564 g/mol. The van der Waals surface area contributed by atoms with E-state index in [1.807, 2.05) is 0 Å². The van der Waals surface area contributed by atoms with Gasteiger partial charge in [0.05, 0.1) is 0 Å². The largest absolute Gasteiger partial charge is 0.478 e. The van der Waals surface area contributed by atoms with Crippen molar-refractivity contribution in [3.8, 4) is 5.75 Å². The third kappa shape index (κ3) is 19.1. The number of carbonyl (C=O) groups is 3. The Morgan fingerprint density at radius 1 is 0.732 bits per heavy atom. The average Bonchev–Trinajstić information content (AvgIpc) is 2.95. The molecule has 0 saturated heterocycles. The number of unbranched alkanes of at least 4 members (excludes halogenated alkanes) is 5. The van der Waals surface area contributed by atoms with Crippen LogP contribution in [0.4, 0.5) is 5.69 Å². The summed E-state index contributed by atoms with van der Waals surface area (Å²) in [5, 5.41) is 12.3. The Morgan fingerprint density at radius 3 is 1.90 bits per heavy atom. The number of benzene rings is 1. The highest BCUT2D eigenvalue weighted by molar-refractivity contribution is 5.96. The lowest BCUT2D eigenvalue weighted by atomic mass is 10.1. The molecule has 0 aliphatic heterocycles. The van der Waals surface area contributed by atoms with Crippen LogP contribution in [0.1, 0.15) is 114 Å². The summed E-state index contributed by atoms with van der Waals surface area (Å²) in [6.07, 6.45) is 33.4. The van der Waals surface area contributed by atoms with Gasteiger partial charge in [-0.1, -0.05) is 100 Å². The molecule has 0 aliphatic rings. The Hall–Kier alpha value is -3.67. The molecule has 0 spiro atoms. The monoisotopic (exact) mass is 563 g/mol. The number of carboxylic acid groups (broad SMARTS) is 1. The summed E-state index contributed by atoms with van der Waals surface area (Å²) in [6.45, 7) is 4.26. The fourth-order valence-electron chi connectivity index (χ4n) is 3.88. The third-order valence-corrected chi connectivity index (χ3v) is 6.13. The van der Waals surface area contributed by atoms with Crippen molar-refractivity contribution >= 4 is 23.5 Å². The number of esters is 1. The fourth-order valence-corrected chi connectivity index (χ4v) is 3.88. The van der Waals surface area contributed by atoms with Crippen LogP contribution in [-0.4, -0.2) is 23.0 Å². The summed E-state index contributed by atoms with van der Waals surface area (Å²) in [6, 6.07) is 4.30. The highest BCUT2D eigenvalue weighted by Crippen LogP contribution is 2.24. The zero-order valence-corrected chi connectivity index (χ0v) is 25.0. The number of aromatic carboxylic acids is 1. The summed E-state index contributed by atoms with van der Waals surface area (Å²) >= 11 is 0. The second-order valence-corrected chi connectivity index (χ2v) is 9.80. The number of allylic oxidation sites excluding steroid dienone is 10. The number of ether oxygens (including phenoxy) is 1. The van der Waals surface area contributed by atoms with Crippen molar-refractivity contribution in [2.75, 3.05) is 5.32 Å². The van der Waals surface area contributed by atoms with Crippen LogP contribution in [0.3, 0.4) is 0 Å². The van der Waals surface area contributed by atoms with Crippen LogP contribution in [0.15, 0.2) is 79.0 Å². The lowest BCUT2D eigenvalue weighted by Crippen LogP contribution is -2.14. The highest BCUT2D eigenvalue weighted by Gasteiger charge is 2.16. The number of amides is 1. The molecule has 6 nitrogen and oxygen atoms in total. The van der Waals surface area contributed by atoms with E-state index in [-0.39, 0.29) is 23.6 Å². The minimum absolute atomic E-state index is 0.00699. The molecular formula is C35H49NO5. The second kappa shape index (κ2) is 24.2. The first kappa shape index (κ1) is 35.4. The molecule has 1 aromatic carbocycles. The van der Waals surface area contributed by atoms with E-state index in [4.69, 9.17) is 4.74 Å². The van der Waals surface area contributed by atoms with E-state index in [2.05, 4.69) is 79.9 Å². The zero-order chi connectivity index (χ0) is 30.0. The molecule has 0 aliphatic carbocycles. The first-order chi connectivity index (χ1) is 20.0. The number of carbonyl (C=O) groups excluding carboxylic acids is 2. The lowest BCUT2D eigenvalue weighted by molar-refractivity contribution is -0.134. The first-order valence-corrected chi connectivity index (χ1v) is 15.1. The van der Waals surface area contributed by atoms with Gasteiger partial charge < -0.3 is 15.2 Å². The summed E-state index contributed by atoms with van der Waals surface area (Å²) in [4.78, 5) is 36.1. The Bertz CT molecular complexity index is 1050. The molecule has 0 bridgehead atoms. The third-order valence-electron chi connectivity index (χ3n) is 6.13. The number of nitrogens with one attached hydrogen (secondary N) is 1. The predicted octanol–water partition coefficient (Wildman–Crippen LogP) is 9.51. The molecule has 1 amide bonds. The minimum Gasteiger partial charge on any atom is -0.478 e. The van der Waals surface area contributed by atoms with Crippen LogP contribution in [0.25, 0.3) is 0 Å². The predicted molar refractivity (Wildman–Crippen MR) is 169 cm³/mol. The summed E-state index contributed by atoms with van der Waals surface area (Å²) in [5.74, 6) is -1.86. The normalized spacial score (nSPS) is 12.0. The zero-order valence-electron chi connectivity index (χ0n) is 25.0. The summed E-state index contributed by atoms with van der Waals surface area (Å²) < 4.78 is 5.29. The van der Waals surface area contributed by atoms with Gasteiger partial charge in [0.15, 0.2) is 0 Å². The second-order valence-electron chi connectivity index (χ2n) is 9.80. The standard InChI is InChI=1S/C35H49NO5/c1-3-5-7-9-10-11-12-13-14-15-16-17-18-19-20-22-23-25-33(37)36-30-27-28-32(31(29-30)35(39)40)41-34(38)26-24-21-8-6-4-2/h5,7,10-11,13-14,16-17,19-20,27-29H,3-4,6,8-9,12,15,18,21-26H2,1-2H3,(H,36,37)(H,39,40)/b7-5-,11-10-,14-13-,17-16-,20-19-. The summed E-state index contributed by atoms with van der Waals surface area (Å²) in [7, 11) is 0. The maximum absolute atomic E-state index is 12.3. The molecule has 0 saturated carbocycles. The molecule has 2 N–H and O–H groups in total. The van der Waals surface area contributed by atoms with Crippen LogP contribution < -0.4 is 10.1 Å². The van der Waals surface area contributed by atoms with E-state index in [0.717, 1.165) is 70.6 Å². The van der Waals surface area contributed by atoms with Crippen molar-refractivity contribution in [3.05, 3.63) is 84.5 Å². The molecule has 1 aromatic rings. The first-order valence-electron chi connectivity index (χ1n) is 15.1. The van der Waals surface area contributed by atoms with Crippen LogP contribution in [0.2, 0.25) is 0 Å². The number of hydrogen-bond donors (Lipinski definition) is 2. The van der Waals surface area contributed by atoms with E-state index < -0.39 is 11.9 Å². The van der Waals surface area contributed by atoms with Crippen LogP contribution in [0.5, 0.6) is 5.75 Å². The van der Waals surface area contributed by atoms with Crippen LogP contribution >= 0.6 is 0 Å². The van der Waals surface area contributed by atoms with E-state index in [1.165, 1.54) is 12.1 Å². The maximum Gasteiger partial charge on any atom is 0.339 e. The van der Waals surface area contributed by atoms with Gasteiger partial charge in [-0.2, -0.15) is 0 Å². The van der Waals surface area contributed by atoms with Crippen molar-refractivity contribution in [1.82, 2.24) is 0 Å². The highest BCUT2D eigenvalue weighted by atomic mass is 16.5. The molecule has 0 radical (unpaired) electrons. The van der Waals surface area contributed by atoms with Gasteiger partial charge in [0.25, 0.3) is 0 Å². The number of rotatable bonds is 22. The van der Waals surface area contributed by atoms with Crippen LogP contribution in [0, 0.1) is 0 Å². The van der Waals surface area contributed by atoms with Crippen LogP contribution in [-0.2, 0) is 9.59 Å². The van der Waals surface area contributed by atoms with Crippen molar-refractivity contribution in [3.63, 3.8) is 0 Å². The van der Waals surface area contributed by atoms with Crippen molar-refractivity contribution in [1.29, 1.82) is 0 Å². The molecule has 41 heavy (non-hydrogen) atoms. The molecule has 0 fully saturated rings. The minimum atomic E-state index is -1.22. The Balaban J connectivity index is 2.30. The van der Waals surface area contributed by atoms with Gasteiger partial charge in [0.2, 0.25) is 5.91 Å². The molecule has 0 aromatic heterocycles. The molecule has 0 atom stereocenters. The van der Waals surface area contributed by atoms with Gasteiger partial charge >= 0.3 is 11.9 Å². The van der Waals surface area contributed by atoms with Gasteiger partial charge in [-0.05, 0) is 69.6 Å². The van der Waals surface area contributed by atoms with E-state index in [9.17, 15) is 19.5 Å². The van der Waals surface area contributed by atoms with Gasteiger partial charge in [0, 0.05) is 18.5 Å². The van der Waals surface area contributed by atoms with Crippen molar-refractivity contribution < 1.29 is 24.2 Å².